The Morgan fingerprint density at radius 2 is 0.879 bits per heavy atom. The first-order chi connectivity index (χ1) is 48.9. The molecule has 0 bridgehead atoms. The zero-order chi connectivity index (χ0) is 82.2. The molecule has 0 aliphatic carbocycles. The molecule has 9 atom stereocenters. The number of β-amino-alcohol motifs (C(OH)–C–C–N with tert-alkyl or cyclic N) is 2. The number of amides is 16. The first kappa shape index (κ1) is 91.8. The van der Waals surface area contributed by atoms with Gasteiger partial charge in [0.25, 0.3) is 0 Å². The van der Waals surface area contributed by atoms with Crippen LogP contribution in [0.5, 0.6) is 0 Å². The summed E-state index contributed by atoms with van der Waals surface area (Å²) < 4.78 is 0. The molecule has 2 aliphatic rings. The summed E-state index contributed by atoms with van der Waals surface area (Å²) in [4.78, 5) is 221. The molecule has 0 spiro atoms. The molecule has 35 heteroatoms. The zero-order valence-corrected chi connectivity index (χ0v) is 65.7. The third-order valence-electron chi connectivity index (χ3n) is 18.1. The van der Waals surface area contributed by atoms with Crippen LogP contribution >= 0.6 is 0 Å². The van der Waals surface area contributed by atoms with E-state index in [0.29, 0.717) is 0 Å². The Kier molecular flexibility index (Phi) is 32.1. The SMILES string of the molecule is CC(=O)N[C@H](C(=O)NC(C)(C)C(=O)NC(C)(C)C(=O)NC(C)(C)C(=O)N[C@H](C(=O)NCC(=O)N[C@@H](CC(C)C)C(=O)NC(C)(C)C(=O)NC(C)(C)C(=O)N1C[C@H](O)C[C@H]1C(=O)N[C@@H](CCC(N)=O)C(=O)NC(C)(C)C(=O)N1C[C@H](O)C[C@H]1C(=O)NC(C)(C)C(=O)N[C@H](CO)Cc1ccccc1)C(C)C)C(C)C. The second kappa shape index (κ2) is 37.4. The van der Waals surface area contributed by atoms with Crippen molar-refractivity contribution in [3.8, 4) is 0 Å². The maximum atomic E-state index is 14.5. The van der Waals surface area contributed by atoms with E-state index in [2.05, 4.69) is 69.1 Å². The van der Waals surface area contributed by atoms with Crippen LogP contribution in [0.4, 0.5) is 0 Å². The summed E-state index contributed by atoms with van der Waals surface area (Å²) in [7, 11) is 0. The van der Waals surface area contributed by atoms with E-state index in [-0.39, 0.29) is 44.1 Å². The fourth-order valence-corrected chi connectivity index (χ4v) is 11.7. The summed E-state index contributed by atoms with van der Waals surface area (Å²) in [5.74, 6) is -14.3. The van der Waals surface area contributed by atoms with E-state index in [1.807, 2.05) is 18.2 Å². The van der Waals surface area contributed by atoms with Gasteiger partial charge in [-0.25, -0.2) is 0 Å². The van der Waals surface area contributed by atoms with Crippen molar-refractivity contribution in [3.63, 3.8) is 0 Å². The van der Waals surface area contributed by atoms with Crippen LogP contribution in [0.15, 0.2) is 30.3 Å². The van der Waals surface area contributed by atoms with Crippen molar-refractivity contribution >= 4 is 94.5 Å². The molecular weight excluding hydrogens is 1390 g/mol. The number of nitrogens with two attached hydrogens (primary N) is 1. The second-order valence-corrected chi connectivity index (χ2v) is 32.6. The highest BCUT2D eigenvalue weighted by Crippen LogP contribution is 2.27. The van der Waals surface area contributed by atoms with Gasteiger partial charge in [-0.15, -0.1) is 0 Å². The molecule has 1 aromatic rings. The first-order valence-corrected chi connectivity index (χ1v) is 35.9. The minimum atomic E-state index is -1.90. The van der Waals surface area contributed by atoms with Crippen molar-refractivity contribution in [3.05, 3.63) is 35.9 Å². The van der Waals surface area contributed by atoms with E-state index in [1.165, 1.54) is 104 Å². The zero-order valence-electron chi connectivity index (χ0n) is 65.7. The van der Waals surface area contributed by atoms with Crippen molar-refractivity contribution in [1.82, 2.24) is 78.9 Å². The third kappa shape index (κ3) is 26.8. The lowest BCUT2D eigenvalue weighted by atomic mass is 9.95. The maximum Gasteiger partial charge on any atom is 0.248 e. The molecule has 0 saturated carbocycles. The average molecular weight is 1510 g/mol. The number of nitrogens with one attached hydrogen (secondary N) is 13. The number of likely N-dealkylation sites (tertiary alicyclic amines) is 2. The van der Waals surface area contributed by atoms with Crippen LogP contribution in [0.3, 0.4) is 0 Å². The van der Waals surface area contributed by atoms with Crippen LogP contribution in [0, 0.1) is 17.8 Å². The van der Waals surface area contributed by atoms with Crippen molar-refractivity contribution in [2.75, 3.05) is 26.2 Å². The highest BCUT2D eigenvalue weighted by atomic mass is 16.3. The predicted molar refractivity (Wildman–Crippen MR) is 391 cm³/mol. The fourth-order valence-electron chi connectivity index (χ4n) is 11.7. The number of carbonyl (C=O) groups is 16. The average Bonchev–Trinajstić information content (AvgIpc) is 1.73. The number of nitrogens with zero attached hydrogens (tertiary/aromatic N) is 2. The van der Waals surface area contributed by atoms with Gasteiger partial charge in [0.05, 0.1) is 31.4 Å². The van der Waals surface area contributed by atoms with Crippen LogP contribution in [0.2, 0.25) is 0 Å². The van der Waals surface area contributed by atoms with Crippen molar-refractivity contribution in [1.29, 1.82) is 0 Å². The highest BCUT2D eigenvalue weighted by molar-refractivity contribution is 6.03. The molecule has 18 N–H and O–H groups in total. The smallest absolute Gasteiger partial charge is 0.248 e. The molecule has 35 nitrogen and oxygen atoms in total. The van der Waals surface area contributed by atoms with E-state index in [1.54, 1.807) is 53.7 Å². The van der Waals surface area contributed by atoms with Gasteiger partial charge in [0.1, 0.15) is 75.0 Å². The molecule has 600 valence electrons. The monoisotopic (exact) mass is 1510 g/mol. The number of aliphatic hydroxyl groups is 3. The number of rotatable bonds is 37. The van der Waals surface area contributed by atoms with E-state index < -0.39 is 226 Å². The van der Waals surface area contributed by atoms with Crippen LogP contribution in [-0.2, 0) is 83.1 Å². The molecule has 2 aliphatic heterocycles. The normalized spacial score (nSPS) is 17.9. The summed E-state index contributed by atoms with van der Waals surface area (Å²) in [6, 6.07) is 0.320. The Balaban J connectivity index is 1.69. The van der Waals surface area contributed by atoms with Gasteiger partial charge in [-0.3, -0.25) is 76.7 Å². The number of hydrogen-bond acceptors (Lipinski definition) is 19. The second-order valence-electron chi connectivity index (χ2n) is 32.6. The lowest BCUT2D eigenvalue weighted by Crippen LogP contribution is -2.67. The third-order valence-corrected chi connectivity index (χ3v) is 18.1. The van der Waals surface area contributed by atoms with Crippen molar-refractivity contribution in [2.24, 2.45) is 23.5 Å². The number of carbonyl (C=O) groups excluding carboxylic acids is 16. The van der Waals surface area contributed by atoms with E-state index in [9.17, 15) is 92.0 Å². The highest BCUT2D eigenvalue weighted by Gasteiger charge is 2.50. The Morgan fingerprint density at radius 1 is 0.477 bits per heavy atom. The molecule has 3 rings (SSSR count). The van der Waals surface area contributed by atoms with Gasteiger partial charge >= 0.3 is 0 Å². The minimum absolute atomic E-state index is 0.0191. The topological polar surface area (TPSA) is 523 Å². The quantitative estimate of drug-likeness (QED) is 0.0309. The molecule has 0 unspecified atom stereocenters. The van der Waals surface area contributed by atoms with Gasteiger partial charge in [-0.1, -0.05) is 71.9 Å². The first-order valence-electron chi connectivity index (χ1n) is 35.9. The number of primary amides is 1. The van der Waals surface area contributed by atoms with E-state index in [0.717, 1.165) is 15.4 Å². The van der Waals surface area contributed by atoms with Gasteiger partial charge in [-0.05, 0) is 140 Å². The summed E-state index contributed by atoms with van der Waals surface area (Å²) in [5.41, 5.74) is -5.91. The predicted octanol–water partition coefficient (Wildman–Crippen LogP) is -3.41. The van der Waals surface area contributed by atoms with Crippen LogP contribution in [0.1, 0.15) is 183 Å². The standard InChI is InChI=1S/C72H118N16O19/c1-37(2)29-46(77-50(94)33-74-57(99)51(38(3)4)79-60(102)67(10,11)84-63(105)70(16,17)85-61(103)69(14,15)83-58(100)52(39(5)6)75-40(7)90)54(96)80-68(12,13)62(104)86-72(20,21)65(107)87-34-43(91)31-47(87)55(97)78-45(27-28-49(73)93)53(95)81-71(18,19)64(106)88-35-44(92)32-48(88)56(98)82-66(8,9)59(101)76-42(36-89)30-41-25-23-22-24-26-41/h22-26,37-39,42-48,51-52,89,91-92H,27-36H2,1-21H3,(H2,73,93)(H,74,99)(H,75,90)(H,76,101)(H,77,94)(H,78,97)(H,79,102)(H,80,96)(H,81,95)(H,82,98)(H,83,100)(H,84,105)(H,85,103)(H,86,104)/t42-,43+,44+,45-,46-,47-,48-,51-,52-/m0/s1. The van der Waals surface area contributed by atoms with Crippen molar-refractivity contribution < 1.29 is 92.0 Å². The maximum absolute atomic E-state index is 14.5. The Bertz CT molecular complexity index is 3460. The molecule has 2 fully saturated rings. The number of aliphatic hydroxyl groups excluding tert-OH is 3. The molecule has 107 heavy (non-hydrogen) atoms. The number of benzene rings is 1. The molecule has 2 saturated heterocycles. The summed E-state index contributed by atoms with van der Waals surface area (Å²) in [5, 5.41) is 65.3. The molecule has 16 amide bonds. The minimum Gasteiger partial charge on any atom is -0.394 e. The lowest BCUT2D eigenvalue weighted by molar-refractivity contribution is -0.147. The summed E-state index contributed by atoms with van der Waals surface area (Å²) in [6.07, 6.45) is -3.73. The summed E-state index contributed by atoms with van der Waals surface area (Å²) >= 11 is 0. The van der Waals surface area contributed by atoms with Crippen LogP contribution in [0.25, 0.3) is 0 Å². The Labute approximate surface area is 625 Å². The molecular formula is C72H118N16O19. The number of hydrogen-bond donors (Lipinski definition) is 17. The molecule has 0 radical (unpaired) electrons. The Hall–Kier alpha value is -9.38. The van der Waals surface area contributed by atoms with Gasteiger partial charge in [0.2, 0.25) is 94.5 Å². The lowest BCUT2D eigenvalue weighted by Gasteiger charge is -2.37. The van der Waals surface area contributed by atoms with E-state index in [4.69, 9.17) is 5.73 Å². The van der Waals surface area contributed by atoms with Gasteiger partial charge < -0.3 is 100.0 Å². The van der Waals surface area contributed by atoms with Crippen LogP contribution in [-0.4, -0.2) is 239 Å². The van der Waals surface area contributed by atoms with Gasteiger partial charge in [-0.2, -0.15) is 0 Å². The van der Waals surface area contributed by atoms with E-state index >= 15 is 0 Å². The molecule has 2 heterocycles. The molecule has 1 aromatic carbocycles. The molecule has 0 aromatic heterocycles. The van der Waals surface area contributed by atoms with Crippen LogP contribution < -0.4 is 74.9 Å². The summed E-state index contributed by atoms with van der Waals surface area (Å²) in [6.45, 7) is 28.3. The Morgan fingerprint density at radius 3 is 1.34 bits per heavy atom. The van der Waals surface area contributed by atoms with Gasteiger partial charge in [0, 0.05) is 39.3 Å². The van der Waals surface area contributed by atoms with Gasteiger partial charge in [0.15, 0.2) is 0 Å². The largest absolute Gasteiger partial charge is 0.394 e. The fraction of sp³-hybridized carbons (Fsp3) is 0.694. The van der Waals surface area contributed by atoms with Crippen molar-refractivity contribution in [2.45, 2.75) is 277 Å².